The maximum Gasteiger partial charge on any atom is 0.0249 e. The zero-order chi connectivity index (χ0) is 70.8. The molecule has 0 aliphatic carbocycles. The molecule has 0 amide bonds. The van der Waals surface area contributed by atoms with E-state index in [0.29, 0.717) is 0 Å². The number of rotatable bonds is 0. The molecule has 0 saturated carbocycles. The first-order chi connectivity index (χ1) is 51.2. The molecule has 13 aromatic rings. The summed E-state index contributed by atoms with van der Waals surface area (Å²) in [4.78, 5) is 0. The lowest BCUT2D eigenvalue weighted by atomic mass is 10.1. The van der Waals surface area contributed by atoms with Crippen molar-refractivity contribution in [1.82, 2.24) is 0 Å². The summed E-state index contributed by atoms with van der Waals surface area (Å²) < 4.78 is 0. The number of hydrogen-bond donors (Lipinski definition) is 0. The Morgan fingerprint density at radius 1 is 0.0865 bits per heavy atom. The second-order valence-electron chi connectivity index (χ2n) is 24.1. The van der Waals surface area contributed by atoms with E-state index in [2.05, 4.69) is 180 Å². The summed E-state index contributed by atoms with van der Waals surface area (Å²) in [7, 11) is 0. The standard InChI is InChI=1S/C104H58/c1-79-3-7-81(8-4-79)11-13-83-15-19-85(20-16-83)23-25-87-27-31-89(32-28-87)35-37-91-39-43-93(44-40-91)47-49-95-51-55-97(56-52-95)59-61-99-63-67-101(68-64-99)71-73-103-75-77-104(78-76-103)74-72-102-69-65-100(66-70-102)62-60-98-57-53-96(54-58-98)50-48-94-45-41-92(42-46-94)38-36-90-33-29-88(30-34-90)26-24-86-21-17-84(18-22-86)14-12-82-9-5-80(2)6-10-82/h3-10,15-22,27-34,39-46,51-58,63-70,75-78H,1-2H3. The number of benzene rings is 13. The van der Waals surface area contributed by atoms with Gasteiger partial charge in [0.05, 0.1) is 0 Å². The maximum atomic E-state index is 3.27. The minimum atomic E-state index is 0.908. The Morgan fingerprint density at radius 3 is 0.192 bits per heavy atom. The molecule has 0 unspecified atom stereocenters. The molecule has 0 radical (unpaired) electrons. The van der Waals surface area contributed by atoms with Gasteiger partial charge >= 0.3 is 0 Å². The number of hydrogen-bond acceptors (Lipinski definition) is 0. The van der Waals surface area contributed by atoms with Gasteiger partial charge in [0, 0.05) is 134 Å². The first kappa shape index (κ1) is 67.2. The lowest BCUT2D eigenvalue weighted by Gasteiger charge is -1.95. The van der Waals surface area contributed by atoms with Crippen LogP contribution in [0.1, 0.15) is 145 Å². The van der Waals surface area contributed by atoms with Gasteiger partial charge < -0.3 is 0 Å². The van der Waals surface area contributed by atoms with Crippen LogP contribution in [-0.2, 0) is 0 Å². The molecule has 104 heavy (non-hydrogen) atoms. The molecule has 13 aromatic carbocycles. The zero-order valence-corrected chi connectivity index (χ0v) is 57.0. The van der Waals surface area contributed by atoms with E-state index in [0.717, 1.165) is 134 Å². The van der Waals surface area contributed by atoms with E-state index in [1.807, 2.05) is 291 Å². The summed E-state index contributed by atoms with van der Waals surface area (Å²) in [6.07, 6.45) is 0. The van der Waals surface area contributed by atoms with Crippen molar-refractivity contribution in [2.75, 3.05) is 0 Å². The second kappa shape index (κ2) is 34.2. The molecular formula is C104H58. The second-order valence-corrected chi connectivity index (χ2v) is 24.1. The SMILES string of the molecule is Cc1ccc(C#Cc2ccc(C#Cc3ccc(C#Cc4ccc(C#Cc5ccc(C#Cc6ccc(C#Cc7ccc(C#Cc8ccc(C#Cc9ccc(C#Cc%10ccc(C#Cc%11ccc(C#Cc%12ccc(C#Cc%13ccc(C)cc%13)cc%12)cc%11)cc%10)cc9)cc8)cc7)cc6)cc5)cc4)cc3)cc2)cc1. The fourth-order valence-electron chi connectivity index (χ4n) is 10.0. The summed E-state index contributed by atoms with van der Waals surface area (Å²) in [5, 5.41) is 0. The molecule has 0 aliphatic heterocycles. The van der Waals surface area contributed by atoms with Crippen LogP contribution in [0.4, 0.5) is 0 Å². The molecule has 0 bridgehead atoms. The molecule has 0 aliphatic rings. The Labute approximate surface area is 612 Å². The van der Waals surface area contributed by atoms with E-state index in [-0.39, 0.29) is 0 Å². The van der Waals surface area contributed by atoms with Crippen molar-refractivity contribution in [3.63, 3.8) is 0 Å². The van der Waals surface area contributed by atoms with Gasteiger partial charge in [-0.25, -0.2) is 0 Å². The molecule has 0 aromatic heterocycles. The summed E-state index contributed by atoms with van der Waals surface area (Å²) in [6, 6.07) is 104. The topological polar surface area (TPSA) is 0 Å². The Kier molecular flexibility index (Phi) is 22.1. The highest BCUT2D eigenvalue weighted by Gasteiger charge is 2.00. The average molecular weight is 1310 g/mol. The molecule has 0 spiro atoms. The van der Waals surface area contributed by atoms with Crippen molar-refractivity contribution in [2.45, 2.75) is 13.8 Å². The van der Waals surface area contributed by atoms with E-state index in [1.54, 1.807) is 0 Å². The average Bonchev–Trinajstić information content (AvgIpc) is 0.956. The van der Waals surface area contributed by atoms with Gasteiger partial charge in [-0.15, -0.1) is 0 Å². The lowest BCUT2D eigenvalue weighted by molar-refractivity contribution is 1.46. The van der Waals surface area contributed by atoms with E-state index < -0.39 is 0 Å². The van der Waals surface area contributed by atoms with Crippen LogP contribution < -0.4 is 0 Å². The largest absolute Gasteiger partial charge is 0.0617 e. The third kappa shape index (κ3) is 20.8. The molecule has 0 fully saturated rings. The summed E-state index contributed by atoms with van der Waals surface area (Å²) >= 11 is 0. The first-order valence-corrected chi connectivity index (χ1v) is 33.7. The maximum absolute atomic E-state index is 3.27. The van der Waals surface area contributed by atoms with Crippen LogP contribution in [0.25, 0.3) is 0 Å². The summed E-state index contributed by atoms with van der Waals surface area (Å²) in [5.74, 6) is 78.2. The van der Waals surface area contributed by atoms with Crippen LogP contribution in [-0.4, -0.2) is 0 Å². The van der Waals surface area contributed by atoms with Crippen LogP contribution >= 0.6 is 0 Å². The Morgan fingerprint density at radius 2 is 0.135 bits per heavy atom. The Hall–Kier alpha value is -15.4. The molecule has 13 rings (SSSR count). The lowest BCUT2D eigenvalue weighted by Crippen LogP contribution is -1.82. The van der Waals surface area contributed by atoms with E-state index in [1.165, 1.54) is 11.1 Å². The van der Waals surface area contributed by atoms with Gasteiger partial charge in [-0.1, -0.05) is 177 Å². The van der Waals surface area contributed by atoms with Crippen molar-refractivity contribution in [1.29, 1.82) is 0 Å². The predicted octanol–water partition coefficient (Wildman–Crippen LogP) is 19.1. The molecule has 0 N–H and O–H groups in total. The fourth-order valence-corrected chi connectivity index (χ4v) is 10.0. The molecule has 0 heteroatoms. The van der Waals surface area contributed by atoms with Crippen LogP contribution in [0.15, 0.2) is 315 Å². The minimum absolute atomic E-state index is 0.908. The van der Waals surface area contributed by atoms with E-state index in [9.17, 15) is 0 Å². The Balaban J connectivity index is 0.517. The molecule has 474 valence electrons. The van der Waals surface area contributed by atoms with E-state index in [4.69, 9.17) is 0 Å². The molecular weight excluding hydrogens is 1250 g/mol. The van der Waals surface area contributed by atoms with Crippen LogP contribution in [0.3, 0.4) is 0 Å². The highest BCUT2D eigenvalue weighted by atomic mass is 14.0. The Bertz CT molecular complexity index is 5730. The van der Waals surface area contributed by atoms with Crippen molar-refractivity contribution < 1.29 is 0 Å². The van der Waals surface area contributed by atoms with Crippen LogP contribution in [0, 0.1) is 156 Å². The highest BCUT2D eigenvalue weighted by Crippen LogP contribution is 2.15. The third-order valence-electron chi connectivity index (χ3n) is 16.1. The van der Waals surface area contributed by atoms with Crippen molar-refractivity contribution in [2.24, 2.45) is 0 Å². The predicted molar refractivity (Wildman–Crippen MR) is 425 cm³/mol. The summed E-state index contributed by atoms with van der Waals surface area (Å²) in [5.41, 5.74) is 24.7. The quantitative estimate of drug-likeness (QED) is 0.133. The molecule has 0 heterocycles. The smallest absolute Gasteiger partial charge is 0.0249 e. The summed E-state index contributed by atoms with van der Waals surface area (Å²) in [6.45, 7) is 4.15. The molecule has 0 atom stereocenters. The van der Waals surface area contributed by atoms with Crippen molar-refractivity contribution in [3.05, 3.63) is 460 Å². The molecule has 0 saturated heterocycles. The van der Waals surface area contributed by atoms with Gasteiger partial charge in [0.2, 0.25) is 0 Å². The monoisotopic (exact) mass is 1310 g/mol. The minimum Gasteiger partial charge on any atom is -0.0617 e. The van der Waals surface area contributed by atoms with Gasteiger partial charge in [0.25, 0.3) is 0 Å². The zero-order valence-electron chi connectivity index (χ0n) is 57.0. The first-order valence-electron chi connectivity index (χ1n) is 33.7. The van der Waals surface area contributed by atoms with E-state index >= 15 is 0 Å². The van der Waals surface area contributed by atoms with Gasteiger partial charge in [-0.3, -0.25) is 0 Å². The van der Waals surface area contributed by atoms with Crippen molar-refractivity contribution in [3.8, 4) is 142 Å². The van der Waals surface area contributed by atoms with Gasteiger partial charge in [0.1, 0.15) is 0 Å². The van der Waals surface area contributed by atoms with Gasteiger partial charge in [0.15, 0.2) is 0 Å². The fraction of sp³-hybridized carbons (Fsp3) is 0.0192. The molecule has 0 nitrogen and oxygen atoms in total. The normalized spacial score (nSPS) is 9.48. The van der Waals surface area contributed by atoms with Crippen molar-refractivity contribution >= 4 is 0 Å². The van der Waals surface area contributed by atoms with Crippen LogP contribution in [0.2, 0.25) is 0 Å². The number of aryl methyl sites for hydroxylation is 2. The van der Waals surface area contributed by atoms with Gasteiger partial charge in [-0.2, -0.15) is 0 Å². The van der Waals surface area contributed by atoms with Gasteiger partial charge in [-0.05, 0) is 305 Å². The highest BCUT2D eigenvalue weighted by molar-refractivity contribution is 5.58. The van der Waals surface area contributed by atoms with Crippen LogP contribution in [0.5, 0.6) is 0 Å². The third-order valence-corrected chi connectivity index (χ3v) is 16.1.